The Hall–Kier alpha value is -1.43. The lowest BCUT2D eigenvalue weighted by Gasteiger charge is -2.35. The number of carbonyl (C=O) groups is 2. The number of nitrogens with zero attached hydrogens (tertiary/aromatic N) is 1. The van der Waals surface area contributed by atoms with Crippen LogP contribution in [0.4, 0.5) is 4.39 Å². The molecule has 1 heterocycles. The molecular weight excluding hydrogens is 339 g/mol. The molecule has 0 spiro atoms. The number of nitrogens with one attached hydrogen (secondary N) is 1. The lowest BCUT2D eigenvalue weighted by Crippen LogP contribution is -2.59. The van der Waals surface area contributed by atoms with Gasteiger partial charge in [-0.25, -0.2) is 4.39 Å². The van der Waals surface area contributed by atoms with E-state index in [1.807, 2.05) is 13.8 Å². The highest BCUT2D eigenvalue weighted by Crippen LogP contribution is 2.19. The molecule has 2 unspecified atom stereocenters. The van der Waals surface area contributed by atoms with Crippen LogP contribution in [-0.4, -0.2) is 29.3 Å². The van der Waals surface area contributed by atoms with Gasteiger partial charge in [-0.1, -0.05) is 36.2 Å². The van der Waals surface area contributed by atoms with Crippen molar-refractivity contribution in [2.75, 3.05) is 6.54 Å². The van der Waals surface area contributed by atoms with Gasteiger partial charge in [0, 0.05) is 11.0 Å². The van der Waals surface area contributed by atoms with E-state index in [9.17, 15) is 14.0 Å². The molecule has 114 valence electrons. The van der Waals surface area contributed by atoms with Crippen LogP contribution in [0, 0.1) is 11.7 Å². The minimum absolute atomic E-state index is 0.0138. The van der Waals surface area contributed by atoms with Gasteiger partial charge in [0.1, 0.15) is 11.9 Å². The number of hydrogen-bond acceptors (Lipinski definition) is 2. The van der Waals surface area contributed by atoms with E-state index >= 15 is 0 Å². The molecule has 21 heavy (non-hydrogen) atoms. The fraction of sp³-hybridized carbons (Fsp3) is 0.467. The Bertz CT molecular complexity index is 544. The average molecular weight is 357 g/mol. The first-order chi connectivity index (χ1) is 9.90. The van der Waals surface area contributed by atoms with Gasteiger partial charge in [0.05, 0.1) is 6.54 Å². The maximum absolute atomic E-state index is 13.4. The molecule has 1 saturated heterocycles. The first kappa shape index (κ1) is 15.9. The molecule has 0 aromatic heterocycles. The Labute approximate surface area is 131 Å². The Morgan fingerprint density at radius 3 is 2.76 bits per heavy atom. The van der Waals surface area contributed by atoms with Crippen LogP contribution < -0.4 is 5.32 Å². The van der Waals surface area contributed by atoms with Gasteiger partial charge in [0.2, 0.25) is 11.8 Å². The molecular formula is C15H18BrFN2O2. The van der Waals surface area contributed by atoms with Crippen molar-refractivity contribution in [3.05, 3.63) is 34.1 Å². The van der Waals surface area contributed by atoms with Crippen LogP contribution in [0.25, 0.3) is 0 Å². The highest BCUT2D eigenvalue weighted by Gasteiger charge is 2.35. The standard InChI is InChI=1S/C15H18BrFN2O2/c1-3-9(2)14-15(21)19(8-13(20)18-14)7-10-4-11(16)6-12(17)5-10/h4-6,9,14H,3,7-8H2,1-2H3,(H,18,20). The van der Waals surface area contributed by atoms with Crippen molar-refractivity contribution >= 4 is 27.7 Å². The second kappa shape index (κ2) is 6.56. The van der Waals surface area contributed by atoms with Crippen LogP contribution in [0.15, 0.2) is 22.7 Å². The van der Waals surface area contributed by atoms with Gasteiger partial charge in [0.25, 0.3) is 0 Å². The van der Waals surface area contributed by atoms with Crippen LogP contribution in [-0.2, 0) is 16.1 Å². The summed E-state index contributed by atoms with van der Waals surface area (Å²) in [5.74, 6) is -0.574. The third-order valence-electron chi connectivity index (χ3n) is 3.74. The molecule has 0 saturated carbocycles. The number of halogens is 2. The second-order valence-electron chi connectivity index (χ2n) is 5.40. The van der Waals surface area contributed by atoms with Crippen LogP contribution in [0.5, 0.6) is 0 Å². The summed E-state index contributed by atoms with van der Waals surface area (Å²) < 4.78 is 14.0. The highest BCUT2D eigenvalue weighted by atomic mass is 79.9. The quantitative estimate of drug-likeness (QED) is 0.900. The molecule has 2 rings (SSSR count). The average Bonchev–Trinajstić information content (AvgIpc) is 2.40. The Morgan fingerprint density at radius 1 is 1.43 bits per heavy atom. The first-order valence-corrected chi connectivity index (χ1v) is 7.73. The zero-order chi connectivity index (χ0) is 15.6. The van der Waals surface area contributed by atoms with Gasteiger partial charge < -0.3 is 10.2 Å². The molecule has 0 aliphatic carbocycles. The van der Waals surface area contributed by atoms with E-state index in [0.717, 1.165) is 6.42 Å². The number of rotatable bonds is 4. The lowest BCUT2D eigenvalue weighted by atomic mass is 9.96. The number of carbonyl (C=O) groups excluding carboxylic acids is 2. The van der Waals surface area contributed by atoms with Crippen molar-refractivity contribution in [2.45, 2.75) is 32.9 Å². The van der Waals surface area contributed by atoms with Crippen molar-refractivity contribution in [2.24, 2.45) is 5.92 Å². The van der Waals surface area contributed by atoms with E-state index in [2.05, 4.69) is 21.2 Å². The molecule has 1 N–H and O–H groups in total. The van der Waals surface area contributed by atoms with Crippen LogP contribution in [0.1, 0.15) is 25.8 Å². The van der Waals surface area contributed by atoms with Crippen LogP contribution >= 0.6 is 15.9 Å². The minimum atomic E-state index is -0.492. The van der Waals surface area contributed by atoms with Gasteiger partial charge in [-0.05, 0) is 29.7 Å². The summed E-state index contributed by atoms with van der Waals surface area (Å²) in [7, 11) is 0. The van der Waals surface area contributed by atoms with Gasteiger partial charge in [-0.3, -0.25) is 9.59 Å². The fourth-order valence-corrected chi connectivity index (χ4v) is 2.92. The molecule has 4 nitrogen and oxygen atoms in total. The molecule has 1 fully saturated rings. The molecule has 0 radical (unpaired) electrons. The van der Waals surface area contributed by atoms with Gasteiger partial charge in [-0.2, -0.15) is 0 Å². The van der Waals surface area contributed by atoms with E-state index in [1.165, 1.54) is 17.0 Å². The Balaban J connectivity index is 2.18. The Kier molecular flexibility index (Phi) is 4.98. The monoisotopic (exact) mass is 356 g/mol. The number of benzene rings is 1. The summed E-state index contributed by atoms with van der Waals surface area (Å²) in [5, 5.41) is 2.74. The molecule has 1 aromatic rings. The zero-order valence-electron chi connectivity index (χ0n) is 12.0. The third-order valence-corrected chi connectivity index (χ3v) is 4.20. The number of amides is 2. The predicted molar refractivity (Wildman–Crippen MR) is 80.9 cm³/mol. The topological polar surface area (TPSA) is 49.4 Å². The van der Waals surface area contributed by atoms with Crippen molar-refractivity contribution in [1.82, 2.24) is 10.2 Å². The molecule has 1 aromatic carbocycles. The van der Waals surface area contributed by atoms with E-state index in [-0.39, 0.29) is 36.6 Å². The maximum Gasteiger partial charge on any atom is 0.246 e. The summed E-state index contributed by atoms with van der Waals surface area (Å²) in [6.07, 6.45) is 0.802. The largest absolute Gasteiger partial charge is 0.342 e. The van der Waals surface area contributed by atoms with Crippen molar-refractivity contribution in [3.8, 4) is 0 Å². The Morgan fingerprint density at radius 2 is 2.14 bits per heavy atom. The van der Waals surface area contributed by atoms with Crippen LogP contribution in [0.3, 0.4) is 0 Å². The zero-order valence-corrected chi connectivity index (χ0v) is 13.6. The molecule has 6 heteroatoms. The first-order valence-electron chi connectivity index (χ1n) is 6.93. The molecule has 2 atom stereocenters. The summed E-state index contributed by atoms with van der Waals surface area (Å²) in [6, 6.07) is 3.99. The molecule has 1 aliphatic heterocycles. The normalized spacial score (nSPS) is 20.4. The minimum Gasteiger partial charge on any atom is -0.342 e. The smallest absolute Gasteiger partial charge is 0.246 e. The highest BCUT2D eigenvalue weighted by molar-refractivity contribution is 9.10. The maximum atomic E-state index is 13.4. The fourth-order valence-electron chi connectivity index (χ4n) is 2.41. The van der Waals surface area contributed by atoms with E-state index in [1.54, 1.807) is 6.07 Å². The van der Waals surface area contributed by atoms with Crippen LogP contribution in [0.2, 0.25) is 0 Å². The van der Waals surface area contributed by atoms with Gasteiger partial charge >= 0.3 is 0 Å². The molecule has 1 aliphatic rings. The van der Waals surface area contributed by atoms with E-state index in [4.69, 9.17) is 0 Å². The predicted octanol–water partition coefficient (Wildman–Crippen LogP) is 2.46. The number of piperazine rings is 1. The molecule has 2 amide bonds. The summed E-state index contributed by atoms with van der Waals surface area (Å²) >= 11 is 3.23. The summed E-state index contributed by atoms with van der Waals surface area (Å²) in [5.41, 5.74) is 0.660. The summed E-state index contributed by atoms with van der Waals surface area (Å²) in [4.78, 5) is 25.7. The summed E-state index contributed by atoms with van der Waals surface area (Å²) in [6.45, 7) is 4.16. The van der Waals surface area contributed by atoms with Crippen molar-refractivity contribution < 1.29 is 14.0 Å². The number of hydrogen-bond donors (Lipinski definition) is 1. The lowest BCUT2D eigenvalue weighted by molar-refractivity contribution is -0.146. The van der Waals surface area contributed by atoms with E-state index < -0.39 is 6.04 Å². The second-order valence-corrected chi connectivity index (χ2v) is 6.32. The van der Waals surface area contributed by atoms with Crippen molar-refractivity contribution in [3.63, 3.8) is 0 Å². The van der Waals surface area contributed by atoms with Gasteiger partial charge in [-0.15, -0.1) is 0 Å². The van der Waals surface area contributed by atoms with Crippen molar-refractivity contribution in [1.29, 1.82) is 0 Å². The van der Waals surface area contributed by atoms with E-state index in [0.29, 0.717) is 10.0 Å². The van der Waals surface area contributed by atoms with Gasteiger partial charge in [0.15, 0.2) is 0 Å². The molecule has 0 bridgehead atoms. The third kappa shape index (κ3) is 3.81. The SMILES string of the molecule is CCC(C)C1NC(=O)CN(Cc2cc(F)cc(Br)c2)C1=O.